The third-order valence-corrected chi connectivity index (χ3v) is 3.73. The van der Waals surface area contributed by atoms with Crippen molar-refractivity contribution in [3.05, 3.63) is 70.6 Å². The van der Waals surface area contributed by atoms with E-state index in [-0.39, 0.29) is 5.02 Å². The summed E-state index contributed by atoms with van der Waals surface area (Å²) in [5, 5.41) is 10.1. The number of halogens is 2. The van der Waals surface area contributed by atoms with E-state index in [0.29, 0.717) is 17.7 Å². The van der Waals surface area contributed by atoms with Crippen LogP contribution in [-0.2, 0) is 6.54 Å². The lowest BCUT2D eigenvalue weighted by Gasteiger charge is -2.08. The largest absolute Gasteiger partial charge is 0.343 e. The highest BCUT2D eigenvalue weighted by Gasteiger charge is 2.09. The summed E-state index contributed by atoms with van der Waals surface area (Å²) in [4.78, 5) is 0. The van der Waals surface area contributed by atoms with Crippen LogP contribution >= 0.6 is 11.6 Å². The molecule has 0 saturated carbocycles. The van der Waals surface area contributed by atoms with Crippen molar-refractivity contribution in [2.45, 2.75) is 6.54 Å². The summed E-state index contributed by atoms with van der Waals surface area (Å²) in [5.41, 5.74) is 2.28. The average Bonchev–Trinajstić information content (AvgIpc) is 2.87. The molecule has 0 atom stereocenters. The molecule has 0 aliphatic carbocycles. The van der Waals surface area contributed by atoms with Gasteiger partial charge in [0.05, 0.1) is 16.7 Å². The second-order valence-corrected chi connectivity index (χ2v) is 4.88. The zero-order chi connectivity index (χ0) is 14.1. The molecule has 4 heteroatoms. The lowest BCUT2D eigenvalue weighted by atomic mass is 10.1. The first kappa shape index (κ1) is 12.7. The maximum Gasteiger partial charge on any atom is 0.142 e. The molecule has 0 aliphatic rings. The predicted molar refractivity (Wildman–Crippen MR) is 77.2 cm³/mol. The third kappa shape index (κ3) is 2.04. The van der Waals surface area contributed by atoms with Crippen LogP contribution in [0.4, 0.5) is 4.39 Å². The van der Waals surface area contributed by atoms with E-state index in [1.807, 2.05) is 29.0 Å². The molecular weight excluding hydrogens is 275 g/mol. The Morgan fingerprint density at radius 3 is 2.75 bits per heavy atom. The number of nitrogens with zero attached hydrogens (tertiary/aromatic N) is 2. The number of aromatic nitrogens is 1. The van der Waals surface area contributed by atoms with Crippen LogP contribution in [0.5, 0.6) is 0 Å². The first-order valence-electron chi connectivity index (χ1n) is 6.11. The predicted octanol–water partition coefficient (Wildman–Crippen LogP) is 4.35. The van der Waals surface area contributed by atoms with Crippen molar-refractivity contribution in [2.75, 3.05) is 0 Å². The van der Waals surface area contributed by atoms with Gasteiger partial charge in [-0.25, -0.2) is 4.39 Å². The Balaban J connectivity index is 2.08. The van der Waals surface area contributed by atoms with Gasteiger partial charge in [-0.15, -0.1) is 0 Å². The number of benzene rings is 2. The second-order valence-electron chi connectivity index (χ2n) is 4.51. The summed E-state index contributed by atoms with van der Waals surface area (Å²) >= 11 is 5.98. The van der Waals surface area contributed by atoms with Crippen LogP contribution in [0.2, 0.25) is 5.02 Å². The van der Waals surface area contributed by atoms with Gasteiger partial charge in [0.1, 0.15) is 5.82 Å². The smallest absolute Gasteiger partial charge is 0.142 e. The minimum Gasteiger partial charge on any atom is -0.343 e. The zero-order valence-corrected chi connectivity index (χ0v) is 11.2. The van der Waals surface area contributed by atoms with Gasteiger partial charge in [-0.2, -0.15) is 5.26 Å². The highest BCUT2D eigenvalue weighted by atomic mass is 35.5. The van der Waals surface area contributed by atoms with Gasteiger partial charge in [-0.05, 0) is 29.8 Å². The van der Waals surface area contributed by atoms with Gasteiger partial charge in [0.15, 0.2) is 0 Å². The summed E-state index contributed by atoms with van der Waals surface area (Å²) in [7, 11) is 0. The van der Waals surface area contributed by atoms with Crippen molar-refractivity contribution >= 4 is 22.5 Å². The molecule has 1 heterocycles. The number of rotatable bonds is 2. The van der Waals surface area contributed by atoms with E-state index < -0.39 is 5.82 Å². The summed E-state index contributed by atoms with van der Waals surface area (Å²) in [6.07, 6.45) is 1.88. The van der Waals surface area contributed by atoms with E-state index in [1.54, 1.807) is 18.2 Å². The number of hydrogen-bond donors (Lipinski definition) is 0. The second kappa shape index (κ2) is 4.99. The normalized spacial score (nSPS) is 10.7. The van der Waals surface area contributed by atoms with Crippen molar-refractivity contribution in [1.29, 1.82) is 5.26 Å². The van der Waals surface area contributed by atoms with Gasteiger partial charge in [-0.3, -0.25) is 0 Å². The van der Waals surface area contributed by atoms with Crippen LogP contribution in [0.25, 0.3) is 10.9 Å². The summed E-state index contributed by atoms with van der Waals surface area (Å²) < 4.78 is 15.4. The molecule has 0 aliphatic heterocycles. The van der Waals surface area contributed by atoms with Gasteiger partial charge in [-0.1, -0.05) is 29.8 Å². The van der Waals surface area contributed by atoms with Crippen LogP contribution in [0.15, 0.2) is 48.7 Å². The fourth-order valence-corrected chi connectivity index (χ4v) is 2.50. The lowest BCUT2D eigenvalue weighted by Crippen LogP contribution is -1.99. The fourth-order valence-electron chi connectivity index (χ4n) is 2.31. The van der Waals surface area contributed by atoms with Crippen LogP contribution in [-0.4, -0.2) is 4.57 Å². The Labute approximate surface area is 120 Å². The first-order valence-corrected chi connectivity index (χ1v) is 6.49. The molecule has 2 nitrogen and oxygen atoms in total. The molecule has 0 radical (unpaired) electrons. The molecule has 0 N–H and O–H groups in total. The van der Waals surface area contributed by atoms with E-state index in [1.165, 1.54) is 6.07 Å². The average molecular weight is 285 g/mol. The molecule has 0 bridgehead atoms. The van der Waals surface area contributed by atoms with Crippen molar-refractivity contribution in [2.24, 2.45) is 0 Å². The van der Waals surface area contributed by atoms with Crippen molar-refractivity contribution in [3.8, 4) is 6.07 Å². The minimum atomic E-state index is -0.418. The van der Waals surface area contributed by atoms with Crippen LogP contribution in [0.3, 0.4) is 0 Å². The highest BCUT2D eigenvalue weighted by molar-refractivity contribution is 6.31. The molecule has 2 aromatic carbocycles. The molecule has 0 saturated heterocycles. The molecule has 3 rings (SSSR count). The van der Waals surface area contributed by atoms with Gasteiger partial charge in [0.25, 0.3) is 0 Å². The van der Waals surface area contributed by atoms with E-state index in [9.17, 15) is 4.39 Å². The maximum absolute atomic E-state index is 13.5. The number of hydrogen-bond acceptors (Lipinski definition) is 1. The standard InChI is InChI=1S/C16H10ClFN2/c17-16-12(4-1-5-14(16)18)10-20-8-7-13-11(9-19)3-2-6-15(13)20/h1-8H,10H2. The van der Waals surface area contributed by atoms with E-state index in [2.05, 4.69) is 6.07 Å². The van der Waals surface area contributed by atoms with Crippen LogP contribution in [0.1, 0.15) is 11.1 Å². The topological polar surface area (TPSA) is 28.7 Å². The fraction of sp³-hybridized carbons (Fsp3) is 0.0625. The van der Waals surface area contributed by atoms with Gasteiger partial charge in [0.2, 0.25) is 0 Å². The van der Waals surface area contributed by atoms with E-state index in [0.717, 1.165) is 10.9 Å². The SMILES string of the molecule is N#Cc1cccc2c1ccn2Cc1cccc(F)c1Cl. The molecule has 0 fully saturated rings. The first-order chi connectivity index (χ1) is 9.70. The van der Waals surface area contributed by atoms with Crippen molar-refractivity contribution in [1.82, 2.24) is 4.57 Å². The van der Waals surface area contributed by atoms with Gasteiger partial charge in [0, 0.05) is 23.6 Å². The molecule has 98 valence electrons. The Kier molecular flexibility index (Phi) is 3.17. The van der Waals surface area contributed by atoms with Crippen molar-refractivity contribution < 1.29 is 4.39 Å². The quantitative estimate of drug-likeness (QED) is 0.687. The Hall–Kier alpha value is -2.31. The lowest BCUT2D eigenvalue weighted by molar-refractivity contribution is 0.624. The van der Waals surface area contributed by atoms with E-state index >= 15 is 0 Å². The number of nitriles is 1. The summed E-state index contributed by atoms with van der Waals surface area (Å²) in [6.45, 7) is 0.467. The molecule has 0 spiro atoms. The maximum atomic E-state index is 13.5. The zero-order valence-electron chi connectivity index (χ0n) is 10.5. The molecule has 20 heavy (non-hydrogen) atoms. The Bertz CT molecular complexity index is 830. The van der Waals surface area contributed by atoms with Gasteiger partial charge < -0.3 is 4.57 Å². The van der Waals surface area contributed by atoms with Gasteiger partial charge >= 0.3 is 0 Å². The monoisotopic (exact) mass is 284 g/mol. The molecule has 1 aromatic heterocycles. The molecular formula is C16H10ClFN2. The third-order valence-electron chi connectivity index (χ3n) is 3.31. The minimum absolute atomic E-state index is 0.144. The van der Waals surface area contributed by atoms with Crippen LogP contribution in [0, 0.1) is 17.1 Å². The highest BCUT2D eigenvalue weighted by Crippen LogP contribution is 2.24. The molecule has 0 amide bonds. The Morgan fingerprint density at radius 2 is 1.95 bits per heavy atom. The Morgan fingerprint density at radius 1 is 1.15 bits per heavy atom. The van der Waals surface area contributed by atoms with Crippen LogP contribution < -0.4 is 0 Å². The summed E-state index contributed by atoms with van der Waals surface area (Å²) in [5.74, 6) is -0.418. The van der Waals surface area contributed by atoms with Crippen molar-refractivity contribution in [3.63, 3.8) is 0 Å². The molecule has 0 unspecified atom stereocenters. The number of fused-ring (bicyclic) bond motifs is 1. The summed E-state index contributed by atoms with van der Waals surface area (Å²) in [6, 6.07) is 14.4. The van der Waals surface area contributed by atoms with E-state index in [4.69, 9.17) is 16.9 Å². The molecule has 3 aromatic rings.